The lowest BCUT2D eigenvalue weighted by Crippen LogP contribution is -2.16. The molecule has 0 radical (unpaired) electrons. The number of nitrogens with two attached hydrogens (primary N) is 1. The summed E-state index contributed by atoms with van der Waals surface area (Å²) >= 11 is 0. The van der Waals surface area contributed by atoms with Crippen LogP contribution in [0.4, 0.5) is 0 Å². The third kappa shape index (κ3) is 37.0. The molecule has 40 heavy (non-hydrogen) atoms. The van der Waals surface area contributed by atoms with Crippen molar-refractivity contribution in [3.8, 4) is 0 Å². The molecule has 0 rings (SSSR count). The van der Waals surface area contributed by atoms with Crippen molar-refractivity contribution in [2.45, 2.75) is 6.42 Å². The van der Waals surface area contributed by atoms with Gasteiger partial charge in [0.1, 0.15) is 0 Å². The molecule has 0 heterocycles. The predicted molar refractivity (Wildman–Crippen MR) is 145 cm³/mol. The molecule has 0 spiro atoms. The number of carbonyl (C=O) groups is 1. The number of rotatable bonds is 36. The van der Waals surface area contributed by atoms with E-state index in [2.05, 4.69) is 0 Å². The minimum absolute atomic E-state index is 0.221. The van der Waals surface area contributed by atoms with E-state index >= 15 is 0 Å². The first-order chi connectivity index (χ1) is 19.8. The van der Waals surface area contributed by atoms with Crippen molar-refractivity contribution in [1.82, 2.24) is 0 Å². The lowest BCUT2D eigenvalue weighted by atomic mass is 10.4. The minimum atomic E-state index is -0.373. The van der Waals surface area contributed by atoms with Gasteiger partial charge in [-0.3, -0.25) is 4.79 Å². The molecule has 0 aromatic heterocycles. The molecule has 2 N–H and O–H groups in total. The van der Waals surface area contributed by atoms with Gasteiger partial charge < -0.3 is 62.6 Å². The summed E-state index contributed by atoms with van der Waals surface area (Å²) in [5, 5.41) is 0. The Balaban J connectivity index is 3.03. The van der Waals surface area contributed by atoms with Gasteiger partial charge in [-0.2, -0.15) is 0 Å². The van der Waals surface area contributed by atoms with Crippen molar-refractivity contribution in [2.24, 2.45) is 5.73 Å². The normalized spacial score (nSPS) is 11.4. The quantitative estimate of drug-likeness (QED) is 0.0955. The van der Waals surface area contributed by atoms with Gasteiger partial charge in [-0.25, -0.2) is 0 Å². The molecule has 0 bridgehead atoms. The summed E-state index contributed by atoms with van der Waals surface area (Å²) in [6.45, 7) is 11.5. The number of hydrogen-bond acceptors (Lipinski definition) is 13. The first kappa shape index (κ1) is 39.0. The lowest BCUT2D eigenvalue weighted by molar-refractivity contribution is -0.119. The second kappa shape index (κ2) is 36.0. The Morgan fingerprint density at radius 3 is 0.700 bits per heavy atom. The average Bonchev–Trinajstić information content (AvgIpc) is 2.95. The zero-order valence-corrected chi connectivity index (χ0v) is 24.4. The van der Waals surface area contributed by atoms with Gasteiger partial charge in [0.2, 0.25) is 5.91 Å². The molecule has 1 amide bonds. The summed E-state index contributed by atoms with van der Waals surface area (Å²) in [5.74, 6) is -0.373. The fourth-order valence-electron chi connectivity index (χ4n) is 2.62. The third-order valence-corrected chi connectivity index (χ3v) is 4.64. The van der Waals surface area contributed by atoms with Gasteiger partial charge in [-0.1, -0.05) is 0 Å². The molecule has 14 nitrogen and oxygen atoms in total. The van der Waals surface area contributed by atoms with E-state index in [1.54, 1.807) is 7.11 Å². The molecule has 0 aliphatic carbocycles. The molecule has 0 saturated heterocycles. The van der Waals surface area contributed by atoms with Crippen LogP contribution in [0.5, 0.6) is 0 Å². The SMILES string of the molecule is COCCOCCOCCOCCOCCOCCOCCOCCOCCOCCOCCOCCC(N)=O. The summed E-state index contributed by atoms with van der Waals surface area (Å²) in [4.78, 5) is 10.5. The highest BCUT2D eigenvalue weighted by atomic mass is 16.6. The maximum atomic E-state index is 10.5. The Bertz CT molecular complexity index is 492. The molecule has 0 saturated carbocycles. The maximum Gasteiger partial charge on any atom is 0.219 e. The van der Waals surface area contributed by atoms with Gasteiger partial charge in [0.15, 0.2) is 0 Å². The van der Waals surface area contributed by atoms with Crippen LogP contribution < -0.4 is 5.73 Å². The highest BCUT2D eigenvalue weighted by molar-refractivity contribution is 5.73. The van der Waals surface area contributed by atoms with Gasteiger partial charge in [0.05, 0.1) is 152 Å². The highest BCUT2D eigenvalue weighted by Crippen LogP contribution is 1.87. The molecule has 240 valence electrons. The third-order valence-electron chi connectivity index (χ3n) is 4.64. The predicted octanol–water partition coefficient (Wildman–Crippen LogP) is -0.309. The van der Waals surface area contributed by atoms with Crippen LogP contribution in [-0.2, 0) is 61.6 Å². The van der Waals surface area contributed by atoms with E-state index < -0.39 is 0 Å². The van der Waals surface area contributed by atoms with Crippen LogP contribution in [0.1, 0.15) is 6.42 Å². The number of primary amides is 1. The molecule has 0 aromatic rings. The van der Waals surface area contributed by atoms with Gasteiger partial charge >= 0.3 is 0 Å². The van der Waals surface area contributed by atoms with E-state index in [1.807, 2.05) is 0 Å². The Labute approximate surface area is 239 Å². The largest absolute Gasteiger partial charge is 0.382 e. The summed E-state index contributed by atoms with van der Waals surface area (Å²) in [6, 6.07) is 0. The maximum absolute atomic E-state index is 10.5. The van der Waals surface area contributed by atoms with Crippen molar-refractivity contribution >= 4 is 5.91 Å². The molecule has 0 atom stereocenters. The van der Waals surface area contributed by atoms with Crippen LogP contribution in [0.25, 0.3) is 0 Å². The van der Waals surface area contributed by atoms with E-state index in [4.69, 9.17) is 62.6 Å². The van der Waals surface area contributed by atoms with E-state index in [1.165, 1.54) is 0 Å². The van der Waals surface area contributed by atoms with Crippen molar-refractivity contribution in [3.63, 3.8) is 0 Å². The monoisotopic (exact) mass is 587 g/mol. The second-order valence-corrected chi connectivity index (χ2v) is 7.95. The summed E-state index contributed by atoms with van der Waals surface area (Å²) in [5.41, 5.74) is 5.01. The first-order valence-electron chi connectivity index (χ1n) is 13.9. The first-order valence-corrected chi connectivity index (χ1v) is 13.9. The molecule has 14 heteroatoms. The van der Waals surface area contributed by atoms with Crippen molar-refractivity contribution in [2.75, 3.05) is 159 Å². The minimum Gasteiger partial charge on any atom is -0.382 e. The number of ether oxygens (including phenoxy) is 12. The van der Waals surface area contributed by atoms with Crippen molar-refractivity contribution in [3.05, 3.63) is 0 Å². The van der Waals surface area contributed by atoms with Crippen LogP contribution in [0.15, 0.2) is 0 Å². The Kier molecular flexibility index (Phi) is 35.1. The molecule has 0 aromatic carbocycles. The van der Waals surface area contributed by atoms with Gasteiger partial charge in [-0.05, 0) is 0 Å². The number of hydrogen-bond donors (Lipinski definition) is 1. The molecular formula is C26H53NO13. The summed E-state index contributed by atoms with van der Waals surface area (Å²) < 4.78 is 64.1. The Morgan fingerprint density at radius 2 is 0.525 bits per heavy atom. The van der Waals surface area contributed by atoms with Crippen LogP contribution in [0.2, 0.25) is 0 Å². The average molecular weight is 588 g/mol. The van der Waals surface area contributed by atoms with Gasteiger partial charge in [-0.15, -0.1) is 0 Å². The molecular weight excluding hydrogens is 534 g/mol. The Morgan fingerprint density at radius 1 is 0.350 bits per heavy atom. The topological polar surface area (TPSA) is 154 Å². The van der Waals surface area contributed by atoms with Crippen LogP contribution in [0, 0.1) is 0 Å². The molecule has 0 fully saturated rings. The fraction of sp³-hybridized carbons (Fsp3) is 0.962. The molecule has 0 unspecified atom stereocenters. The van der Waals surface area contributed by atoms with Crippen molar-refractivity contribution in [1.29, 1.82) is 0 Å². The number of methoxy groups -OCH3 is 1. The highest BCUT2D eigenvalue weighted by Gasteiger charge is 1.97. The molecule has 0 aliphatic heterocycles. The summed E-state index contributed by atoms with van der Waals surface area (Å²) in [7, 11) is 1.64. The Hall–Kier alpha value is -1.01. The van der Waals surface area contributed by atoms with Crippen LogP contribution in [-0.4, -0.2) is 165 Å². The van der Waals surface area contributed by atoms with E-state index in [0.29, 0.717) is 152 Å². The molecule has 0 aliphatic rings. The zero-order chi connectivity index (χ0) is 29.0. The fourth-order valence-corrected chi connectivity index (χ4v) is 2.62. The van der Waals surface area contributed by atoms with Gasteiger partial charge in [0, 0.05) is 13.5 Å². The second-order valence-electron chi connectivity index (χ2n) is 7.95. The van der Waals surface area contributed by atoms with Gasteiger partial charge in [0.25, 0.3) is 0 Å². The smallest absolute Gasteiger partial charge is 0.219 e. The number of carbonyl (C=O) groups excluding carboxylic acids is 1. The van der Waals surface area contributed by atoms with E-state index in [0.717, 1.165) is 0 Å². The van der Waals surface area contributed by atoms with Crippen LogP contribution >= 0.6 is 0 Å². The number of amides is 1. The van der Waals surface area contributed by atoms with Crippen molar-refractivity contribution < 1.29 is 61.6 Å². The lowest BCUT2D eigenvalue weighted by Gasteiger charge is -2.09. The zero-order valence-electron chi connectivity index (χ0n) is 24.4. The van der Waals surface area contributed by atoms with Crippen LogP contribution in [0.3, 0.4) is 0 Å². The van der Waals surface area contributed by atoms with E-state index in [9.17, 15) is 4.79 Å². The van der Waals surface area contributed by atoms with E-state index in [-0.39, 0.29) is 12.3 Å². The summed E-state index contributed by atoms with van der Waals surface area (Å²) in [6.07, 6.45) is 0.221. The standard InChI is InChI=1S/C26H53NO13/c1-29-4-5-31-8-9-33-12-13-35-16-17-37-20-21-39-24-25-40-23-22-38-19-18-36-15-14-34-11-10-32-7-6-30-3-2-26(27)28/h2-25H2,1H3,(H2,27,28).